The van der Waals surface area contributed by atoms with E-state index in [1.165, 1.54) is 6.20 Å². The molecule has 0 bridgehead atoms. The second kappa shape index (κ2) is 6.56. The normalized spacial score (nSPS) is 22.1. The van der Waals surface area contributed by atoms with Crippen molar-refractivity contribution >= 4 is 29.4 Å². The number of nitrogens with one attached hydrogen (secondary N) is 2. The number of hydrogen-bond donors (Lipinski definition) is 3. The molecule has 2 rings (SSSR count). The fourth-order valence-electron chi connectivity index (χ4n) is 2.27. The van der Waals surface area contributed by atoms with Crippen LogP contribution in [0.3, 0.4) is 0 Å². The van der Waals surface area contributed by atoms with Gasteiger partial charge in [-0.05, 0) is 37.8 Å². The molecule has 108 valence electrons. The minimum atomic E-state index is -0.752. The molecule has 1 heterocycles. The van der Waals surface area contributed by atoms with Gasteiger partial charge in [0.2, 0.25) is 0 Å². The Morgan fingerprint density at radius 2 is 1.95 bits per heavy atom. The average molecular weight is 298 g/mol. The van der Waals surface area contributed by atoms with Crippen molar-refractivity contribution < 1.29 is 14.7 Å². The van der Waals surface area contributed by atoms with E-state index in [1.54, 1.807) is 12.1 Å². The molecule has 1 aromatic rings. The zero-order chi connectivity index (χ0) is 14.5. The highest BCUT2D eigenvalue weighted by Gasteiger charge is 2.26. The van der Waals surface area contributed by atoms with Crippen LogP contribution in [0.2, 0.25) is 5.02 Å². The summed E-state index contributed by atoms with van der Waals surface area (Å²) >= 11 is 5.70. The fourth-order valence-corrected chi connectivity index (χ4v) is 2.38. The number of hydrogen-bond acceptors (Lipinski definition) is 3. The Morgan fingerprint density at radius 1 is 1.25 bits per heavy atom. The molecule has 6 nitrogen and oxygen atoms in total. The van der Waals surface area contributed by atoms with Crippen LogP contribution in [0.15, 0.2) is 18.3 Å². The third kappa shape index (κ3) is 4.09. The summed E-state index contributed by atoms with van der Waals surface area (Å²) < 4.78 is 0. The summed E-state index contributed by atoms with van der Waals surface area (Å²) in [7, 11) is 0. The molecule has 1 aliphatic rings. The lowest BCUT2D eigenvalue weighted by molar-refractivity contribution is -0.142. The summed E-state index contributed by atoms with van der Waals surface area (Å²) in [5.41, 5.74) is 0. The third-order valence-corrected chi connectivity index (χ3v) is 3.60. The lowest BCUT2D eigenvalue weighted by Gasteiger charge is -2.26. The Balaban J connectivity index is 1.78. The average Bonchev–Trinajstić information content (AvgIpc) is 2.42. The van der Waals surface area contributed by atoms with E-state index in [-0.39, 0.29) is 18.0 Å². The van der Waals surface area contributed by atoms with Crippen LogP contribution in [-0.4, -0.2) is 28.1 Å². The number of rotatable bonds is 3. The lowest BCUT2D eigenvalue weighted by Crippen LogP contribution is -2.41. The maximum absolute atomic E-state index is 11.8. The van der Waals surface area contributed by atoms with Crippen LogP contribution in [-0.2, 0) is 4.79 Å². The van der Waals surface area contributed by atoms with Crippen LogP contribution in [0.4, 0.5) is 10.6 Å². The number of carboxylic acids is 1. The van der Waals surface area contributed by atoms with Gasteiger partial charge in [-0.1, -0.05) is 11.6 Å². The van der Waals surface area contributed by atoms with E-state index in [4.69, 9.17) is 16.7 Å². The minimum Gasteiger partial charge on any atom is -0.481 e. The standard InChI is InChI=1S/C13H16ClN3O3/c14-9-3-6-11(15-7-9)17-13(20)16-10-4-1-8(2-5-10)12(18)19/h3,6-8,10H,1-2,4-5H2,(H,18,19)(H2,15,16,17,20). The van der Waals surface area contributed by atoms with Crippen LogP contribution in [0.25, 0.3) is 0 Å². The number of carbonyl (C=O) groups is 2. The highest BCUT2D eigenvalue weighted by molar-refractivity contribution is 6.30. The summed E-state index contributed by atoms with van der Waals surface area (Å²) in [6.07, 6.45) is 4.01. The molecule has 0 atom stereocenters. The first kappa shape index (κ1) is 14.6. The molecule has 2 amide bonds. The molecule has 1 aromatic heterocycles. The van der Waals surface area contributed by atoms with Crippen LogP contribution < -0.4 is 10.6 Å². The van der Waals surface area contributed by atoms with Crippen LogP contribution >= 0.6 is 11.6 Å². The minimum absolute atomic E-state index is 0.0119. The van der Waals surface area contributed by atoms with Crippen molar-refractivity contribution in [1.29, 1.82) is 0 Å². The molecule has 0 saturated heterocycles. The van der Waals surface area contributed by atoms with Crippen molar-refractivity contribution in [1.82, 2.24) is 10.3 Å². The summed E-state index contributed by atoms with van der Waals surface area (Å²) in [6, 6.07) is 2.93. The Morgan fingerprint density at radius 3 is 2.50 bits per heavy atom. The summed E-state index contributed by atoms with van der Waals surface area (Å²) in [6.45, 7) is 0. The predicted octanol–water partition coefficient (Wildman–Crippen LogP) is 2.50. The summed E-state index contributed by atoms with van der Waals surface area (Å²) in [4.78, 5) is 26.6. The van der Waals surface area contributed by atoms with E-state index < -0.39 is 5.97 Å². The number of anilines is 1. The Labute approximate surface area is 121 Å². The van der Waals surface area contributed by atoms with Gasteiger partial charge in [0.05, 0.1) is 10.9 Å². The van der Waals surface area contributed by atoms with Gasteiger partial charge in [-0.15, -0.1) is 0 Å². The van der Waals surface area contributed by atoms with Crippen LogP contribution in [0, 0.1) is 5.92 Å². The van der Waals surface area contributed by atoms with Crippen molar-refractivity contribution in [2.45, 2.75) is 31.7 Å². The number of nitrogens with zero attached hydrogens (tertiary/aromatic N) is 1. The Hall–Kier alpha value is -1.82. The molecular formula is C13H16ClN3O3. The maximum Gasteiger partial charge on any atom is 0.320 e. The number of pyridine rings is 1. The Bertz CT molecular complexity index is 484. The van der Waals surface area contributed by atoms with E-state index in [0.29, 0.717) is 36.5 Å². The van der Waals surface area contributed by atoms with Crippen molar-refractivity contribution in [2.75, 3.05) is 5.32 Å². The molecule has 1 saturated carbocycles. The van der Waals surface area contributed by atoms with Gasteiger partial charge in [0.1, 0.15) is 5.82 Å². The lowest BCUT2D eigenvalue weighted by atomic mass is 9.86. The molecular weight excluding hydrogens is 282 g/mol. The Kier molecular flexibility index (Phi) is 4.79. The number of aromatic nitrogens is 1. The zero-order valence-electron chi connectivity index (χ0n) is 10.8. The van der Waals surface area contributed by atoms with Gasteiger partial charge >= 0.3 is 12.0 Å². The van der Waals surface area contributed by atoms with E-state index in [1.807, 2.05) is 0 Å². The number of halogens is 1. The molecule has 20 heavy (non-hydrogen) atoms. The second-order valence-corrected chi connectivity index (χ2v) is 5.28. The van der Waals surface area contributed by atoms with Gasteiger partial charge in [-0.25, -0.2) is 9.78 Å². The van der Waals surface area contributed by atoms with Gasteiger partial charge in [-0.2, -0.15) is 0 Å². The topological polar surface area (TPSA) is 91.3 Å². The first-order chi connectivity index (χ1) is 9.54. The number of carbonyl (C=O) groups excluding carboxylic acids is 1. The van der Waals surface area contributed by atoms with Crippen LogP contribution in [0.5, 0.6) is 0 Å². The van der Waals surface area contributed by atoms with Gasteiger partial charge in [0.15, 0.2) is 0 Å². The van der Waals surface area contributed by atoms with Gasteiger partial charge in [0.25, 0.3) is 0 Å². The molecule has 0 aliphatic heterocycles. The number of amides is 2. The van der Waals surface area contributed by atoms with Crippen molar-refractivity contribution in [3.63, 3.8) is 0 Å². The molecule has 1 fully saturated rings. The SMILES string of the molecule is O=C(Nc1ccc(Cl)cn1)NC1CCC(C(=O)O)CC1. The third-order valence-electron chi connectivity index (χ3n) is 3.38. The largest absolute Gasteiger partial charge is 0.481 e. The van der Waals surface area contributed by atoms with Crippen molar-refractivity contribution in [3.05, 3.63) is 23.4 Å². The quantitative estimate of drug-likeness (QED) is 0.799. The monoisotopic (exact) mass is 297 g/mol. The van der Waals surface area contributed by atoms with Crippen molar-refractivity contribution in [3.8, 4) is 0 Å². The van der Waals surface area contributed by atoms with E-state index in [2.05, 4.69) is 15.6 Å². The molecule has 7 heteroatoms. The van der Waals surface area contributed by atoms with Crippen LogP contribution in [0.1, 0.15) is 25.7 Å². The molecule has 0 aromatic carbocycles. The molecule has 0 unspecified atom stereocenters. The van der Waals surface area contributed by atoms with E-state index in [0.717, 1.165) is 0 Å². The van der Waals surface area contributed by atoms with E-state index >= 15 is 0 Å². The predicted molar refractivity (Wildman–Crippen MR) is 74.8 cm³/mol. The first-order valence-corrected chi connectivity index (χ1v) is 6.84. The smallest absolute Gasteiger partial charge is 0.320 e. The highest BCUT2D eigenvalue weighted by atomic mass is 35.5. The zero-order valence-corrected chi connectivity index (χ0v) is 11.6. The fraction of sp³-hybridized carbons (Fsp3) is 0.462. The number of carboxylic acid groups (broad SMARTS) is 1. The van der Waals surface area contributed by atoms with Gasteiger partial charge in [-0.3, -0.25) is 10.1 Å². The molecule has 3 N–H and O–H groups in total. The molecule has 0 spiro atoms. The summed E-state index contributed by atoms with van der Waals surface area (Å²) in [5, 5.41) is 14.8. The van der Waals surface area contributed by atoms with Crippen molar-refractivity contribution in [2.24, 2.45) is 5.92 Å². The number of urea groups is 1. The maximum atomic E-state index is 11.8. The first-order valence-electron chi connectivity index (χ1n) is 6.46. The summed E-state index contributed by atoms with van der Waals surface area (Å²) in [5.74, 6) is -0.613. The highest BCUT2D eigenvalue weighted by Crippen LogP contribution is 2.24. The van der Waals surface area contributed by atoms with Gasteiger partial charge in [0, 0.05) is 12.2 Å². The van der Waals surface area contributed by atoms with E-state index in [9.17, 15) is 9.59 Å². The molecule has 0 radical (unpaired) electrons. The molecule has 1 aliphatic carbocycles. The number of aliphatic carboxylic acids is 1. The van der Waals surface area contributed by atoms with Gasteiger partial charge < -0.3 is 10.4 Å². The second-order valence-electron chi connectivity index (χ2n) is 4.85.